The van der Waals surface area contributed by atoms with E-state index in [1.165, 1.54) is 11.1 Å². The predicted octanol–water partition coefficient (Wildman–Crippen LogP) is 5.46. The smallest absolute Gasteiger partial charge is 0.212 e. The van der Waals surface area contributed by atoms with E-state index < -0.39 is 0 Å². The maximum Gasteiger partial charge on any atom is 0.212 e. The highest BCUT2D eigenvalue weighted by Crippen LogP contribution is 2.36. The van der Waals surface area contributed by atoms with Gasteiger partial charge in [-0.25, -0.2) is 4.57 Å². The number of furan rings is 1. The SMILES string of the molecule is Cc1cc2c(cc1-c1cccc[n+]1C)oc1cc(C#N)cc(CC(C)C)c12. The van der Waals surface area contributed by atoms with Crippen LogP contribution in [0.4, 0.5) is 0 Å². The molecule has 0 atom stereocenters. The summed E-state index contributed by atoms with van der Waals surface area (Å²) in [6.45, 7) is 6.55. The fourth-order valence-corrected chi connectivity index (χ4v) is 3.89. The molecule has 4 rings (SSSR count). The minimum absolute atomic E-state index is 0.510. The van der Waals surface area contributed by atoms with E-state index in [1.54, 1.807) is 0 Å². The van der Waals surface area contributed by atoms with Crippen molar-refractivity contribution in [3.05, 3.63) is 65.4 Å². The Labute approximate surface area is 159 Å². The third kappa shape index (κ3) is 2.98. The monoisotopic (exact) mass is 355 g/mol. The molecule has 0 saturated heterocycles. The van der Waals surface area contributed by atoms with Gasteiger partial charge in [-0.05, 0) is 60.7 Å². The first-order valence-electron chi connectivity index (χ1n) is 9.33. The second-order valence-corrected chi connectivity index (χ2v) is 7.68. The molecule has 0 spiro atoms. The van der Waals surface area contributed by atoms with Gasteiger partial charge < -0.3 is 4.42 Å². The molecule has 2 aromatic heterocycles. The molecule has 3 heteroatoms. The molecule has 27 heavy (non-hydrogen) atoms. The molecule has 3 nitrogen and oxygen atoms in total. The molecule has 0 saturated carbocycles. The molecule has 0 aliphatic carbocycles. The standard InChI is InChI=1S/C24H23N2O/c1-15(2)9-18-11-17(14-25)12-23-24(18)20-10-16(3)19(13-22(20)27-23)21-7-5-6-8-26(21)4/h5-8,10-13,15H,9H2,1-4H3/q+1. The van der Waals surface area contributed by atoms with Gasteiger partial charge in [-0.15, -0.1) is 0 Å². The number of aryl methyl sites for hydroxylation is 2. The van der Waals surface area contributed by atoms with E-state index in [1.807, 2.05) is 18.2 Å². The molecular formula is C24H23N2O+. The number of rotatable bonds is 3. The summed E-state index contributed by atoms with van der Waals surface area (Å²) in [7, 11) is 2.05. The Hall–Kier alpha value is -3.12. The van der Waals surface area contributed by atoms with Gasteiger partial charge in [0.15, 0.2) is 6.20 Å². The lowest BCUT2D eigenvalue weighted by molar-refractivity contribution is -0.660. The fraction of sp³-hybridized carbons (Fsp3) is 0.250. The minimum Gasteiger partial charge on any atom is -0.456 e. The van der Waals surface area contributed by atoms with Crippen LogP contribution in [0.25, 0.3) is 33.2 Å². The van der Waals surface area contributed by atoms with Crippen molar-refractivity contribution < 1.29 is 8.98 Å². The molecule has 0 fully saturated rings. The van der Waals surface area contributed by atoms with Crippen molar-refractivity contribution in [1.82, 2.24) is 0 Å². The Bertz CT molecular complexity index is 1210. The van der Waals surface area contributed by atoms with Gasteiger partial charge in [0.05, 0.1) is 17.2 Å². The Kier molecular flexibility index (Phi) is 4.20. The highest BCUT2D eigenvalue weighted by atomic mass is 16.3. The first kappa shape index (κ1) is 17.3. The number of benzene rings is 2. The van der Waals surface area contributed by atoms with Gasteiger partial charge in [-0.3, -0.25) is 0 Å². The molecule has 4 aromatic rings. The average molecular weight is 355 g/mol. The van der Waals surface area contributed by atoms with Crippen molar-refractivity contribution in [2.24, 2.45) is 13.0 Å². The predicted molar refractivity (Wildman–Crippen MR) is 108 cm³/mol. The lowest BCUT2D eigenvalue weighted by atomic mass is 9.94. The second kappa shape index (κ2) is 6.55. The number of hydrogen-bond donors (Lipinski definition) is 0. The Balaban J connectivity index is 2.03. The zero-order valence-electron chi connectivity index (χ0n) is 16.2. The van der Waals surface area contributed by atoms with Crippen molar-refractivity contribution in [1.29, 1.82) is 5.26 Å². The van der Waals surface area contributed by atoms with Crippen LogP contribution in [0.2, 0.25) is 0 Å². The minimum atomic E-state index is 0.510. The molecule has 0 aliphatic rings. The van der Waals surface area contributed by atoms with E-state index in [-0.39, 0.29) is 0 Å². The van der Waals surface area contributed by atoms with Crippen LogP contribution in [0.5, 0.6) is 0 Å². The summed E-state index contributed by atoms with van der Waals surface area (Å²) in [5.41, 5.74) is 7.04. The zero-order valence-corrected chi connectivity index (χ0v) is 16.2. The van der Waals surface area contributed by atoms with Gasteiger partial charge in [0.25, 0.3) is 0 Å². The van der Waals surface area contributed by atoms with E-state index in [2.05, 4.69) is 68.9 Å². The van der Waals surface area contributed by atoms with E-state index >= 15 is 0 Å². The topological polar surface area (TPSA) is 40.8 Å². The summed E-state index contributed by atoms with van der Waals surface area (Å²) in [6, 6.07) is 16.7. The maximum atomic E-state index is 9.40. The Morgan fingerprint density at radius 2 is 1.93 bits per heavy atom. The van der Waals surface area contributed by atoms with E-state index in [0.717, 1.165) is 39.6 Å². The molecule has 2 heterocycles. The first-order valence-corrected chi connectivity index (χ1v) is 9.33. The molecule has 0 aliphatic heterocycles. The number of nitriles is 1. The van der Waals surface area contributed by atoms with Crippen LogP contribution in [0.15, 0.2) is 53.1 Å². The normalized spacial score (nSPS) is 11.4. The highest BCUT2D eigenvalue weighted by Gasteiger charge is 2.18. The number of nitrogens with zero attached hydrogens (tertiary/aromatic N) is 2. The summed E-state index contributed by atoms with van der Waals surface area (Å²) >= 11 is 0. The second-order valence-electron chi connectivity index (χ2n) is 7.68. The largest absolute Gasteiger partial charge is 0.456 e. The molecule has 0 N–H and O–H groups in total. The quantitative estimate of drug-likeness (QED) is 0.458. The molecule has 2 aromatic carbocycles. The lowest BCUT2D eigenvalue weighted by Crippen LogP contribution is -2.30. The number of aromatic nitrogens is 1. The van der Waals surface area contributed by atoms with E-state index in [9.17, 15) is 5.26 Å². The van der Waals surface area contributed by atoms with Gasteiger partial charge in [0.1, 0.15) is 18.2 Å². The van der Waals surface area contributed by atoms with Crippen LogP contribution in [0, 0.1) is 24.2 Å². The van der Waals surface area contributed by atoms with Crippen molar-refractivity contribution in [3.8, 4) is 17.3 Å². The first-order chi connectivity index (χ1) is 13.0. The van der Waals surface area contributed by atoms with E-state index in [0.29, 0.717) is 11.5 Å². The van der Waals surface area contributed by atoms with Crippen LogP contribution >= 0.6 is 0 Å². The number of pyridine rings is 1. The lowest BCUT2D eigenvalue weighted by Gasteiger charge is -2.08. The summed E-state index contributed by atoms with van der Waals surface area (Å²) in [6.07, 6.45) is 2.98. The zero-order chi connectivity index (χ0) is 19.1. The van der Waals surface area contributed by atoms with Gasteiger partial charge >= 0.3 is 0 Å². The number of fused-ring (bicyclic) bond motifs is 3. The van der Waals surface area contributed by atoms with Crippen LogP contribution in [0.3, 0.4) is 0 Å². The van der Waals surface area contributed by atoms with Gasteiger partial charge in [-0.2, -0.15) is 5.26 Å². The summed E-state index contributed by atoms with van der Waals surface area (Å²) in [4.78, 5) is 0. The van der Waals surface area contributed by atoms with Gasteiger partial charge in [0.2, 0.25) is 5.69 Å². The maximum absolute atomic E-state index is 9.40. The molecule has 0 bridgehead atoms. The number of hydrogen-bond acceptors (Lipinski definition) is 2. The summed E-state index contributed by atoms with van der Waals surface area (Å²) in [5.74, 6) is 0.510. The van der Waals surface area contributed by atoms with Gasteiger partial charge in [-0.1, -0.05) is 13.8 Å². The third-order valence-electron chi connectivity index (χ3n) is 5.09. The Morgan fingerprint density at radius 1 is 1.11 bits per heavy atom. The van der Waals surface area contributed by atoms with E-state index in [4.69, 9.17) is 4.42 Å². The van der Waals surface area contributed by atoms with Crippen LogP contribution in [-0.2, 0) is 13.5 Å². The average Bonchev–Trinajstić information content (AvgIpc) is 2.98. The summed E-state index contributed by atoms with van der Waals surface area (Å²) in [5, 5.41) is 11.7. The Morgan fingerprint density at radius 3 is 2.63 bits per heavy atom. The fourth-order valence-electron chi connectivity index (χ4n) is 3.89. The van der Waals surface area contributed by atoms with Crippen molar-refractivity contribution in [3.63, 3.8) is 0 Å². The molecule has 0 radical (unpaired) electrons. The molecule has 134 valence electrons. The van der Waals surface area contributed by atoms with Crippen LogP contribution in [0.1, 0.15) is 30.5 Å². The van der Waals surface area contributed by atoms with Crippen molar-refractivity contribution in [2.75, 3.05) is 0 Å². The molecular weight excluding hydrogens is 332 g/mol. The van der Waals surface area contributed by atoms with Gasteiger partial charge in [0, 0.05) is 22.9 Å². The highest BCUT2D eigenvalue weighted by molar-refractivity contribution is 6.08. The molecule has 0 amide bonds. The summed E-state index contributed by atoms with van der Waals surface area (Å²) < 4.78 is 8.33. The van der Waals surface area contributed by atoms with Crippen LogP contribution < -0.4 is 4.57 Å². The third-order valence-corrected chi connectivity index (χ3v) is 5.09. The van der Waals surface area contributed by atoms with Crippen molar-refractivity contribution in [2.45, 2.75) is 27.2 Å². The van der Waals surface area contributed by atoms with Crippen molar-refractivity contribution >= 4 is 21.9 Å². The van der Waals surface area contributed by atoms with Crippen LogP contribution in [-0.4, -0.2) is 0 Å². The molecule has 0 unspecified atom stereocenters.